The maximum atomic E-state index is 12.8. The Bertz CT molecular complexity index is 640. The molecule has 0 unspecified atom stereocenters. The van der Waals surface area contributed by atoms with Crippen LogP contribution >= 0.6 is 0 Å². The third-order valence-corrected chi connectivity index (χ3v) is 6.39. The molecule has 0 atom stereocenters. The lowest BCUT2D eigenvalue weighted by atomic mass is 9.95. The van der Waals surface area contributed by atoms with Crippen LogP contribution in [0.25, 0.3) is 0 Å². The Balaban J connectivity index is 1.89. The lowest BCUT2D eigenvalue weighted by molar-refractivity contribution is 0.0956. The van der Waals surface area contributed by atoms with Gasteiger partial charge in [0.15, 0.2) is 0 Å². The predicted octanol–water partition coefficient (Wildman–Crippen LogP) is 2.54. The van der Waals surface area contributed by atoms with Crippen LogP contribution < -0.4 is 5.32 Å². The van der Waals surface area contributed by atoms with Crippen LogP contribution in [0.3, 0.4) is 0 Å². The molecule has 0 radical (unpaired) electrons. The molecule has 1 fully saturated rings. The monoisotopic (exact) mass is 356 g/mol. The summed E-state index contributed by atoms with van der Waals surface area (Å²) in [5.41, 5.74) is 0.313. The van der Waals surface area contributed by atoms with E-state index in [1.807, 2.05) is 6.92 Å². The van der Waals surface area contributed by atoms with Gasteiger partial charge in [-0.1, -0.05) is 26.2 Å². The van der Waals surface area contributed by atoms with Crippen molar-refractivity contribution in [2.75, 3.05) is 18.8 Å². The molecular weight excluding hydrogens is 331 g/mol. The number of rotatable bonds is 7. The quantitative estimate of drug-likeness (QED) is 0.816. The van der Waals surface area contributed by atoms with E-state index in [2.05, 4.69) is 5.32 Å². The summed E-state index contributed by atoms with van der Waals surface area (Å²) in [4.78, 5) is 11.9. The fourth-order valence-corrected chi connectivity index (χ4v) is 4.82. The largest absolute Gasteiger partial charge is 0.351 e. The Labute approximate surface area is 143 Å². The molecule has 0 aromatic heterocycles. The van der Waals surface area contributed by atoms with Crippen molar-refractivity contribution in [1.82, 2.24) is 9.62 Å². The van der Waals surface area contributed by atoms with Gasteiger partial charge in [0.2, 0.25) is 10.0 Å². The average Bonchev–Trinajstić information content (AvgIpc) is 2.56. The molecular formula is C17H25FN2O3S. The molecule has 1 aromatic rings. The minimum atomic E-state index is -3.40. The zero-order chi connectivity index (χ0) is 17.6. The second-order valence-electron chi connectivity index (χ2n) is 6.07. The molecule has 134 valence electrons. The number of nitrogens with one attached hydrogen (secondary N) is 1. The third kappa shape index (κ3) is 5.01. The molecule has 5 nitrogen and oxygen atoms in total. The summed E-state index contributed by atoms with van der Waals surface area (Å²) in [6, 6.07) is 5.24. The first-order chi connectivity index (χ1) is 11.4. The Kier molecular flexibility index (Phi) is 6.74. The molecule has 24 heavy (non-hydrogen) atoms. The van der Waals surface area contributed by atoms with Gasteiger partial charge < -0.3 is 5.32 Å². The standard InChI is InChI=1S/C17H25FN2O3S/c1-2-20(16-6-4-3-5-7-16)24(22,23)13-12-19-17(21)14-8-10-15(18)11-9-14/h8-11,16H,2-7,12-13H2,1H3,(H,19,21). The van der Waals surface area contributed by atoms with Gasteiger partial charge >= 0.3 is 0 Å². The van der Waals surface area contributed by atoms with Crippen LogP contribution in [0.15, 0.2) is 24.3 Å². The highest BCUT2D eigenvalue weighted by molar-refractivity contribution is 7.89. The summed E-state index contributed by atoms with van der Waals surface area (Å²) >= 11 is 0. The van der Waals surface area contributed by atoms with Gasteiger partial charge in [-0.25, -0.2) is 12.8 Å². The first-order valence-corrected chi connectivity index (χ1v) is 10.1. The molecule has 1 aliphatic carbocycles. The molecule has 0 saturated heterocycles. The van der Waals surface area contributed by atoms with Crippen molar-refractivity contribution in [2.45, 2.75) is 45.1 Å². The van der Waals surface area contributed by atoms with Crippen LogP contribution in [0.1, 0.15) is 49.4 Å². The minimum absolute atomic E-state index is 0.0434. The molecule has 2 rings (SSSR count). The highest BCUT2D eigenvalue weighted by Crippen LogP contribution is 2.24. The maximum Gasteiger partial charge on any atom is 0.251 e. The Morgan fingerprint density at radius 3 is 2.42 bits per heavy atom. The van der Waals surface area contributed by atoms with Crippen molar-refractivity contribution in [2.24, 2.45) is 0 Å². The average molecular weight is 356 g/mol. The van der Waals surface area contributed by atoms with Crippen molar-refractivity contribution < 1.29 is 17.6 Å². The summed E-state index contributed by atoms with van der Waals surface area (Å²) in [6.45, 7) is 2.35. The zero-order valence-electron chi connectivity index (χ0n) is 14.0. The number of halogens is 1. The topological polar surface area (TPSA) is 66.5 Å². The van der Waals surface area contributed by atoms with Crippen molar-refractivity contribution >= 4 is 15.9 Å². The fourth-order valence-electron chi connectivity index (χ4n) is 3.17. The van der Waals surface area contributed by atoms with E-state index < -0.39 is 21.7 Å². The zero-order valence-corrected chi connectivity index (χ0v) is 14.8. The second-order valence-corrected chi connectivity index (χ2v) is 8.12. The third-order valence-electron chi connectivity index (χ3n) is 4.40. The molecule has 0 heterocycles. The molecule has 1 saturated carbocycles. The van der Waals surface area contributed by atoms with E-state index >= 15 is 0 Å². The minimum Gasteiger partial charge on any atom is -0.351 e. The number of benzene rings is 1. The Morgan fingerprint density at radius 2 is 1.83 bits per heavy atom. The predicted molar refractivity (Wildman–Crippen MR) is 91.8 cm³/mol. The van der Waals surface area contributed by atoms with Gasteiger partial charge in [-0.2, -0.15) is 4.31 Å². The lowest BCUT2D eigenvalue weighted by Gasteiger charge is -2.32. The summed E-state index contributed by atoms with van der Waals surface area (Å²) in [5, 5.41) is 2.59. The highest BCUT2D eigenvalue weighted by atomic mass is 32.2. The molecule has 0 aliphatic heterocycles. The molecule has 1 aliphatic rings. The number of hydrogen-bond acceptors (Lipinski definition) is 3. The number of amides is 1. The van der Waals surface area contributed by atoms with Gasteiger partial charge in [-0.05, 0) is 37.1 Å². The van der Waals surface area contributed by atoms with Gasteiger partial charge in [0.1, 0.15) is 5.82 Å². The summed E-state index contributed by atoms with van der Waals surface area (Å²) in [6.07, 6.45) is 5.13. The number of carbonyl (C=O) groups is 1. The fraction of sp³-hybridized carbons (Fsp3) is 0.588. The van der Waals surface area contributed by atoms with E-state index in [4.69, 9.17) is 0 Å². The normalized spacial score (nSPS) is 16.3. The number of hydrogen-bond donors (Lipinski definition) is 1. The Hall–Kier alpha value is -1.47. The van der Waals surface area contributed by atoms with E-state index in [9.17, 15) is 17.6 Å². The van der Waals surface area contributed by atoms with Crippen LogP contribution in [-0.2, 0) is 10.0 Å². The van der Waals surface area contributed by atoms with Gasteiger partial charge in [0.25, 0.3) is 5.91 Å². The second kappa shape index (κ2) is 8.58. The Morgan fingerprint density at radius 1 is 1.21 bits per heavy atom. The summed E-state index contributed by atoms with van der Waals surface area (Å²) in [7, 11) is -3.40. The van der Waals surface area contributed by atoms with Gasteiger partial charge in [0.05, 0.1) is 5.75 Å². The first-order valence-electron chi connectivity index (χ1n) is 8.47. The molecule has 1 aromatic carbocycles. The summed E-state index contributed by atoms with van der Waals surface area (Å²) < 4.78 is 39.5. The van der Waals surface area contributed by atoms with Crippen molar-refractivity contribution in [3.63, 3.8) is 0 Å². The smallest absolute Gasteiger partial charge is 0.251 e. The van der Waals surface area contributed by atoms with Crippen LogP contribution in [0.5, 0.6) is 0 Å². The van der Waals surface area contributed by atoms with Crippen LogP contribution in [0, 0.1) is 5.82 Å². The highest BCUT2D eigenvalue weighted by Gasteiger charge is 2.29. The van der Waals surface area contributed by atoms with Crippen LogP contribution in [-0.4, -0.2) is 43.5 Å². The molecule has 1 amide bonds. The number of sulfonamides is 1. The van der Waals surface area contributed by atoms with Crippen molar-refractivity contribution in [3.8, 4) is 0 Å². The van der Waals surface area contributed by atoms with E-state index in [1.165, 1.54) is 30.7 Å². The van der Waals surface area contributed by atoms with E-state index in [0.717, 1.165) is 25.7 Å². The van der Waals surface area contributed by atoms with Crippen LogP contribution in [0.4, 0.5) is 4.39 Å². The molecule has 1 N–H and O–H groups in total. The molecule has 7 heteroatoms. The van der Waals surface area contributed by atoms with Gasteiger partial charge in [0, 0.05) is 24.7 Å². The molecule has 0 spiro atoms. The van der Waals surface area contributed by atoms with Crippen molar-refractivity contribution in [3.05, 3.63) is 35.6 Å². The number of nitrogens with zero attached hydrogens (tertiary/aromatic N) is 1. The molecule has 0 bridgehead atoms. The van der Waals surface area contributed by atoms with E-state index in [1.54, 1.807) is 4.31 Å². The maximum absolute atomic E-state index is 12.8. The van der Waals surface area contributed by atoms with E-state index in [0.29, 0.717) is 12.1 Å². The summed E-state index contributed by atoms with van der Waals surface area (Å²) in [5.74, 6) is -0.935. The van der Waals surface area contributed by atoms with Crippen LogP contribution in [0.2, 0.25) is 0 Å². The van der Waals surface area contributed by atoms with Gasteiger partial charge in [-0.3, -0.25) is 4.79 Å². The number of carbonyl (C=O) groups excluding carboxylic acids is 1. The van der Waals surface area contributed by atoms with Crippen molar-refractivity contribution in [1.29, 1.82) is 0 Å². The van der Waals surface area contributed by atoms with E-state index in [-0.39, 0.29) is 18.3 Å². The SMILES string of the molecule is CCN(C1CCCCC1)S(=O)(=O)CCNC(=O)c1ccc(F)cc1. The first kappa shape index (κ1) is 18.9. The lowest BCUT2D eigenvalue weighted by Crippen LogP contribution is -2.44. The van der Waals surface area contributed by atoms with Gasteiger partial charge in [-0.15, -0.1) is 0 Å².